The standard InChI is InChI=1S/C11H12FNO2/c1-11(15-2,7-13-8-14)9-3-5-10(12)6-4-9/h3-6H,7H2,1-2H3. The van der Waals surface area contributed by atoms with Crippen LogP contribution in [0, 0.1) is 5.82 Å². The molecule has 0 saturated carbocycles. The maximum Gasteiger partial charge on any atom is 0.235 e. The molecular weight excluding hydrogens is 197 g/mol. The number of aliphatic imine (C=N–C) groups is 1. The maximum atomic E-state index is 12.7. The van der Waals surface area contributed by atoms with Crippen LogP contribution in [0.5, 0.6) is 0 Å². The van der Waals surface area contributed by atoms with Crippen molar-refractivity contribution in [1.82, 2.24) is 0 Å². The van der Waals surface area contributed by atoms with Gasteiger partial charge in [-0.05, 0) is 24.6 Å². The Morgan fingerprint density at radius 1 is 1.47 bits per heavy atom. The van der Waals surface area contributed by atoms with E-state index in [2.05, 4.69) is 4.99 Å². The minimum atomic E-state index is -0.717. The second-order valence-corrected chi connectivity index (χ2v) is 3.35. The van der Waals surface area contributed by atoms with Crippen LogP contribution in [-0.2, 0) is 15.1 Å². The fourth-order valence-corrected chi connectivity index (χ4v) is 1.26. The Kier molecular flexibility index (Phi) is 3.72. The molecule has 0 radical (unpaired) electrons. The first-order chi connectivity index (χ1) is 7.12. The van der Waals surface area contributed by atoms with E-state index in [0.29, 0.717) is 0 Å². The topological polar surface area (TPSA) is 38.7 Å². The Bertz CT molecular complexity index is 371. The number of benzene rings is 1. The zero-order chi connectivity index (χ0) is 11.3. The molecule has 1 aromatic carbocycles. The number of isocyanates is 1. The summed E-state index contributed by atoms with van der Waals surface area (Å²) < 4.78 is 18.0. The molecule has 0 N–H and O–H groups in total. The van der Waals surface area contributed by atoms with Gasteiger partial charge >= 0.3 is 0 Å². The summed E-state index contributed by atoms with van der Waals surface area (Å²) in [4.78, 5) is 13.5. The van der Waals surface area contributed by atoms with Gasteiger partial charge in [-0.3, -0.25) is 0 Å². The van der Waals surface area contributed by atoms with Gasteiger partial charge in [0.2, 0.25) is 6.08 Å². The number of ether oxygens (including phenoxy) is 1. The minimum absolute atomic E-state index is 0.165. The van der Waals surface area contributed by atoms with Gasteiger partial charge in [-0.15, -0.1) is 0 Å². The molecule has 1 rings (SSSR count). The predicted octanol–water partition coefficient (Wildman–Crippen LogP) is 2.02. The number of methoxy groups -OCH3 is 1. The van der Waals surface area contributed by atoms with Crippen LogP contribution in [0.2, 0.25) is 0 Å². The molecule has 0 heterocycles. The number of halogens is 1. The van der Waals surface area contributed by atoms with Gasteiger partial charge in [-0.1, -0.05) is 12.1 Å². The number of hydrogen-bond donors (Lipinski definition) is 0. The first-order valence-corrected chi connectivity index (χ1v) is 4.47. The van der Waals surface area contributed by atoms with Crippen LogP contribution < -0.4 is 0 Å². The second-order valence-electron chi connectivity index (χ2n) is 3.35. The van der Waals surface area contributed by atoms with Crippen molar-refractivity contribution in [2.24, 2.45) is 4.99 Å². The molecule has 0 aromatic heterocycles. The molecule has 0 aliphatic carbocycles. The molecule has 4 heteroatoms. The third-order valence-corrected chi connectivity index (χ3v) is 2.35. The molecule has 0 aliphatic rings. The third kappa shape index (κ3) is 2.72. The first-order valence-electron chi connectivity index (χ1n) is 4.47. The average Bonchev–Trinajstić information content (AvgIpc) is 2.27. The van der Waals surface area contributed by atoms with Gasteiger partial charge in [-0.2, -0.15) is 0 Å². The Morgan fingerprint density at radius 2 is 2.07 bits per heavy atom. The highest BCUT2D eigenvalue weighted by Crippen LogP contribution is 2.24. The maximum absolute atomic E-state index is 12.7. The van der Waals surface area contributed by atoms with E-state index in [4.69, 9.17) is 4.74 Å². The van der Waals surface area contributed by atoms with Crippen molar-refractivity contribution in [2.45, 2.75) is 12.5 Å². The fourth-order valence-electron chi connectivity index (χ4n) is 1.26. The van der Waals surface area contributed by atoms with Crippen LogP contribution in [0.4, 0.5) is 4.39 Å². The van der Waals surface area contributed by atoms with E-state index in [1.807, 2.05) is 0 Å². The molecule has 1 atom stereocenters. The fraction of sp³-hybridized carbons (Fsp3) is 0.364. The van der Waals surface area contributed by atoms with E-state index >= 15 is 0 Å². The molecule has 1 aromatic rings. The summed E-state index contributed by atoms with van der Waals surface area (Å²) in [5, 5.41) is 0. The summed E-state index contributed by atoms with van der Waals surface area (Å²) in [6.45, 7) is 1.94. The van der Waals surface area contributed by atoms with E-state index in [1.165, 1.54) is 25.3 Å². The predicted molar refractivity (Wildman–Crippen MR) is 53.7 cm³/mol. The lowest BCUT2D eigenvalue weighted by atomic mass is 9.96. The summed E-state index contributed by atoms with van der Waals surface area (Å²) in [5.41, 5.74) is 0.0517. The Balaban J connectivity index is 2.99. The van der Waals surface area contributed by atoms with Crippen LogP contribution in [-0.4, -0.2) is 19.7 Å². The number of nitrogens with zero attached hydrogens (tertiary/aromatic N) is 1. The first kappa shape index (κ1) is 11.6. The van der Waals surface area contributed by atoms with Gasteiger partial charge < -0.3 is 4.74 Å². The lowest BCUT2D eigenvalue weighted by molar-refractivity contribution is 0.0105. The number of rotatable bonds is 4. The van der Waals surface area contributed by atoms with Crippen molar-refractivity contribution in [2.75, 3.05) is 13.7 Å². The molecule has 0 spiro atoms. The van der Waals surface area contributed by atoms with Gasteiger partial charge in [0.1, 0.15) is 11.4 Å². The van der Waals surface area contributed by atoms with E-state index in [-0.39, 0.29) is 12.4 Å². The summed E-state index contributed by atoms with van der Waals surface area (Å²) in [6, 6.07) is 5.91. The molecule has 0 fully saturated rings. The van der Waals surface area contributed by atoms with Crippen molar-refractivity contribution in [3.63, 3.8) is 0 Å². The molecule has 0 saturated heterocycles. The van der Waals surface area contributed by atoms with E-state index < -0.39 is 5.60 Å². The monoisotopic (exact) mass is 209 g/mol. The minimum Gasteiger partial charge on any atom is -0.372 e. The van der Waals surface area contributed by atoms with Crippen molar-refractivity contribution in [3.05, 3.63) is 35.6 Å². The molecule has 80 valence electrons. The smallest absolute Gasteiger partial charge is 0.235 e. The van der Waals surface area contributed by atoms with Gasteiger partial charge in [0.05, 0.1) is 6.54 Å². The highest BCUT2D eigenvalue weighted by molar-refractivity contribution is 5.34. The zero-order valence-corrected chi connectivity index (χ0v) is 8.66. The zero-order valence-electron chi connectivity index (χ0n) is 8.66. The Labute approximate surface area is 87.6 Å². The Hall–Kier alpha value is -1.51. The SMILES string of the molecule is COC(C)(CN=C=O)c1ccc(F)cc1. The van der Waals surface area contributed by atoms with Crippen molar-refractivity contribution in [1.29, 1.82) is 0 Å². The highest BCUT2D eigenvalue weighted by Gasteiger charge is 2.25. The van der Waals surface area contributed by atoms with Crippen molar-refractivity contribution < 1.29 is 13.9 Å². The van der Waals surface area contributed by atoms with E-state index in [1.54, 1.807) is 19.1 Å². The third-order valence-electron chi connectivity index (χ3n) is 2.35. The number of hydrogen-bond acceptors (Lipinski definition) is 3. The van der Waals surface area contributed by atoms with Gasteiger partial charge in [0, 0.05) is 7.11 Å². The van der Waals surface area contributed by atoms with Gasteiger partial charge in [0.25, 0.3) is 0 Å². The normalized spacial score (nSPS) is 14.1. The van der Waals surface area contributed by atoms with Crippen LogP contribution in [0.1, 0.15) is 12.5 Å². The van der Waals surface area contributed by atoms with E-state index in [0.717, 1.165) is 5.56 Å². The highest BCUT2D eigenvalue weighted by atomic mass is 19.1. The van der Waals surface area contributed by atoms with Crippen LogP contribution in [0.15, 0.2) is 29.3 Å². The molecule has 15 heavy (non-hydrogen) atoms. The van der Waals surface area contributed by atoms with Gasteiger partial charge in [-0.25, -0.2) is 14.2 Å². The molecule has 0 bridgehead atoms. The van der Waals surface area contributed by atoms with Crippen LogP contribution >= 0.6 is 0 Å². The van der Waals surface area contributed by atoms with E-state index in [9.17, 15) is 9.18 Å². The van der Waals surface area contributed by atoms with Crippen LogP contribution in [0.3, 0.4) is 0 Å². The summed E-state index contributed by atoms with van der Waals surface area (Å²) in [7, 11) is 1.52. The quantitative estimate of drug-likeness (QED) is 0.562. The lowest BCUT2D eigenvalue weighted by Crippen LogP contribution is -2.28. The summed E-state index contributed by atoms with van der Waals surface area (Å²) >= 11 is 0. The molecular formula is C11H12FNO2. The molecule has 1 unspecified atom stereocenters. The van der Waals surface area contributed by atoms with Gasteiger partial charge in [0.15, 0.2) is 0 Å². The largest absolute Gasteiger partial charge is 0.372 e. The molecule has 0 amide bonds. The molecule has 0 aliphatic heterocycles. The molecule has 3 nitrogen and oxygen atoms in total. The number of carbonyl (C=O) groups excluding carboxylic acids is 1. The lowest BCUT2D eigenvalue weighted by Gasteiger charge is -2.26. The average molecular weight is 209 g/mol. The summed E-state index contributed by atoms with van der Waals surface area (Å²) in [6.07, 6.45) is 1.46. The van der Waals surface area contributed by atoms with Crippen LogP contribution in [0.25, 0.3) is 0 Å². The Morgan fingerprint density at radius 3 is 2.53 bits per heavy atom. The van der Waals surface area contributed by atoms with Crippen molar-refractivity contribution in [3.8, 4) is 0 Å². The second kappa shape index (κ2) is 4.82. The van der Waals surface area contributed by atoms with Crippen molar-refractivity contribution >= 4 is 6.08 Å². The summed E-state index contributed by atoms with van der Waals surface area (Å²) in [5.74, 6) is -0.309.